The Kier molecular flexibility index (Phi) is 7.39. The monoisotopic (exact) mass is 417 g/mol. The van der Waals surface area contributed by atoms with Crippen molar-refractivity contribution >= 4 is 23.2 Å². The predicted molar refractivity (Wildman–Crippen MR) is 99.5 cm³/mol. The lowest BCUT2D eigenvalue weighted by molar-refractivity contribution is -0.153. The Morgan fingerprint density at radius 2 is 1.71 bits per heavy atom. The Labute approximate surface area is 165 Å². The van der Waals surface area contributed by atoms with Crippen molar-refractivity contribution in [3.05, 3.63) is 47.0 Å². The van der Waals surface area contributed by atoms with Gasteiger partial charge in [0.1, 0.15) is 5.75 Å². The van der Waals surface area contributed by atoms with Crippen molar-refractivity contribution in [2.24, 2.45) is 0 Å². The third-order valence-corrected chi connectivity index (χ3v) is 3.93. The van der Waals surface area contributed by atoms with E-state index >= 15 is 0 Å². The van der Waals surface area contributed by atoms with E-state index in [1.807, 2.05) is 0 Å². The third-order valence-electron chi connectivity index (χ3n) is 3.70. The minimum Gasteiger partial charge on any atom is -0.493 e. The van der Waals surface area contributed by atoms with Gasteiger partial charge in [0.25, 0.3) is 0 Å². The molecule has 9 heteroatoms. The lowest BCUT2D eigenvalue weighted by Gasteiger charge is -2.14. The van der Waals surface area contributed by atoms with E-state index in [4.69, 9.17) is 25.8 Å². The van der Waals surface area contributed by atoms with E-state index in [2.05, 4.69) is 5.32 Å². The maximum Gasteiger partial charge on any atom is 0.422 e. The van der Waals surface area contributed by atoms with Crippen LogP contribution in [-0.4, -0.2) is 32.9 Å². The lowest BCUT2D eigenvalue weighted by atomic mass is 10.1. The highest BCUT2D eigenvalue weighted by molar-refractivity contribution is 6.31. The Morgan fingerprint density at radius 1 is 1.04 bits per heavy atom. The lowest BCUT2D eigenvalue weighted by Crippen LogP contribution is -2.20. The van der Waals surface area contributed by atoms with Gasteiger partial charge in [0, 0.05) is 11.4 Å². The number of rotatable bonds is 8. The van der Waals surface area contributed by atoms with Crippen LogP contribution in [0, 0.1) is 0 Å². The Hall–Kier alpha value is -2.61. The fourth-order valence-electron chi connectivity index (χ4n) is 2.39. The number of amides is 1. The summed E-state index contributed by atoms with van der Waals surface area (Å²) in [6.45, 7) is -1.47. The average Bonchev–Trinajstić information content (AvgIpc) is 2.64. The van der Waals surface area contributed by atoms with Gasteiger partial charge in [0.2, 0.25) is 5.91 Å². The Balaban J connectivity index is 2.02. The number of hydrogen-bond donors (Lipinski definition) is 1. The molecule has 28 heavy (non-hydrogen) atoms. The molecule has 0 unspecified atom stereocenters. The molecule has 2 aromatic carbocycles. The van der Waals surface area contributed by atoms with Crippen LogP contribution in [0.5, 0.6) is 17.2 Å². The van der Waals surface area contributed by atoms with Crippen LogP contribution < -0.4 is 19.5 Å². The SMILES string of the molecule is COc1ccc(CCC(=O)Nc2cc(Cl)ccc2OCC(F)(F)F)cc1OC. The molecule has 0 aromatic heterocycles. The van der Waals surface area contributed by atoms with Crippen molar-refractivity contribution < 1.29 is 32.2 Å². The van der Waals surface area contributed by atoms with Crippen LogP contribution in [0.3, 0.4) is 0 Å². The van der Waals surface area contributed by atoms with Gasteiger partial charge in [-0.1, -0.05) is 17.7 Å². The molecule has 1 N–H and O–H groups in total. The molecular formula is C19H19ClF3NO4. The van der Waals surface area contributed by atoms with E-state index in [1.54, 1.807) is 18.2 Å². The second-order valence-corrected chi connectivity index (χ2v) is 6.22. The number of hydrogen-bond acceptors (Lipinski definition) is 4. The maximum atomic E-state index is 12.4. The van der Waals surface area contributed by atoms with Gasteiger partial charge in [-0.2, -0.15) is 13.2 Å². The van der Waals surface area contributed by atoms with Crippen molar-refractivity contribution in [3.63, 3.8) is 0 Å². The molecule has 0 atom stereocenters. The fourth-order valence-corrected chi connectivity index (χ4v) is 2.56. The summed E-state index contributed by atoms with van der Waals surface area (Å²) < 4.78 is 52.3. The molecule has 2 rings (SSSR count). The minimum absolute atomic E-state index is 0.0778. The number of benzene rings is 2. The van der Waals surface area contributed by atoms with Gasteiger partial charge in [0.05, 0.1) is 19.9 Å². The zero-order chi connectivity index (χ0) is 20.7. The molecule has 152 valence electrons. The first-order valence-electron chi connectivity index (χ1n) is 8.21. The molecule has 5 nitrogen and oxygen atoms in total. The van der Waals surface area contributed by atoms with Gasteiger partial charge < -0.3 is 19.5 Å². The van der Waals surface area contributed by atoms with E-state index < -0.39 is 18.7 Å². The van der Waals surface area contributed by atoms with Crippen LogP contribution in [0.25, 0.3) is 0 Å². The van der Waals surface area contributed by atoms with Crippen LogP contribution in [0.2, 0.25) is 5.02 Å². The smallest absolute Gasteiger partial charge is 0.422 e. The zero-order valence-corrected chi connectivity index (χ0v) is 16.0. The molecule has 0 aliphatic rings. The summed E-state index contributed by atoms with van der Waals surface area (Å²) in [4.78, 5) is 12.2. The molecule has 0 aliphatic carbocycles. The number of carbonyl (C=O) groups excluding carboxylic acids is 1. The molecule has 0 heterocycles. The van der Waals surface area contributed by atoms with Gasteiger partial charge >= 0.3 is 6.18 Å². The van der Waals surface area contributed by atoms with Crippen molar-refractivity contribution in [2.75, 3.05) is 26.1 Å². The molecule has 2 aromatic rings. The normalized spacial score (nSPS) is 11.1. The zero-order valence-electron chi connectivity index (χ0n) is 15.2. The quantitative estimate of drug-likeness (QED) is 0.665. The molecule has 0 saturated carbocycles. The number of alkyl halides is 3. The van der Waals surface area contributed by atoms with Gasteiger partial charge in [0.15, 0.2) is 18.1 Å². The van der Waals surface area contributed by atoms with Crippen LogP contribution in [-0.2, 0) is 11.2 Å². The summed E-state index contributed by atoms with van der Waals surface area (Å²) in [6.07, 6.45) is -4.00. The molecule has 0 fully saturated rings. The molecule has 0 saturated heterocycles. The number of anilines is 1. The molecule has 0 radical (unpaired) electrons. The van der Waals surface area contributed by atoms with E-state index in [-0.39, 0.29) is 22.9 Å². The number of aryl methyl sites for hydroxylation is 1. The van der Waals surface area contributed by atoms with Gasteiger partial charge in [-0.15, -0.1) is 0 Å². The fraction of sp³-hybridized carbons (Fsp3) is 0.316. The van der Waals surface area contributed by atoms with Crippen molar-refractivity contribution in [1.29, 1.82) is 0 Å². The van der Waals surface area contributed by atoms with E-state index in [1.165, 1.54) is 32.4 Å². The summed E-state index contributed by atoms with van der Waals surface area (Å²) in [5, 5.41) is 2.80. The summed E-state index contributed by atoms with van der Waals surface area (Å²) in [6, 6.07) is 9.27. The second-order valence-electron chi connectivity index (χ2n) is 5.78. The van der Waals surface area contributed by atoms with Crippen molar-refractivity contribution in [3.8, 4) is 17.2 Å². The van der Waals surface area contributed by atoms with Crippen LogP contribution in [0.1, 0.15) is 12.0 Å². The van der Waals surface area contributed by atoms with E-state index in [0.29, 0.717) is 17.9 Å². The third kappa shape index (κ3) is 6.53. The topological polar surface area (TPSA) is 56.8 Å². The number of methoxy groups -OCH3 is 2. The minimum atomic E-state index is -4.49. The first-order chi connectivity index (χ1) is 13.2. The molecular weight excluding hydrogens is 399 g/mol. The predicted octanol–water partition coefficient (Wildman–Crippen LogP) is 4.87. The second kappa shape index (κ2) is 9.54. The summed E-state index contributed by atoms with van der Waals surface area (Å²) in [5.74, 6) is 0.606. The van der Waals surface area contributed by atoms with E-state index in [0.717, 1.165) is 5.56 Å². The number of ether oxygens (including phenoxy) is 3. The summed E-state index contributed by atoms with van der Waals surface area (Å²) in [7, 11) is 3.03. The first kappa shape index (κ1) is 21.7. The highest BCUT2D eigenvalue weighted by Gasteiger charge is 2.29. The van der Waals surface area contributed by atoms with Crippen molar-refractivity contribution in [1.82, 2.24) is 0 Å². The molecule has 0 aliphatic heterocycles. The molecule has 1 amide bonds. The number of halogens is 4. The summed E-state index contributed by atoms with van der Waals surface area (Å²) in [5.41, 5.74) is 0.918. The number of carbonyl (C=O) groups is 1. The highest BCUT2D eigenvalue weighted by Crippen LogP contribution is 2.30. The standard InChI is InChI=1S/C19H19ClF3NO4/c1-26-16-6-3-12(9-17(16)27-2)4-8-18(25)24-14-10-13(20)5-7-15(14)28-11-19(21,22)23/h3,5-7,9-10H,4,8,11H2,1-2H3,(H,24,25). The van der Waals surface area contributed by atoms with Crippen LogP contribution in [0.15, 0.2) is 36.4 Å². The van der Waals surface area contributed by atoms with Gasteiger partial charge in [-0.3, -0.25) is 4.79 Å². The van der Waals surface area contributed by atoms with Gasteiger partial charge in [-0.05, 0) is 42.3 Å². The van der Waals surface area contributed by atoms with Crippen molar-refractivity contribution in [2.45, 2.75) is 19.0 Å². The Morgan fingerprint density at radius 3 is 2.36 bits per heavy atom. The molecule has 0 bridgehead atoms. The Bertz CT molecular complexity index is 827. The highest BCUT2D eigenvalue weighted by atomic mass is 35.5. The largest absolute Gasteiger partial charge is 0.493 e. The average molecular weight is 418 g/mol. The van der Waals surface area contributed by atoms with Gasteiger partial charge in [-0.25, -0.2) is 0 Å². The van der Waals surface area contributed by atoms with E-state index in [9.17, 15) is 18.0 Å². The first-order valence-corrected chi connectivity index (χ1v) is 8.59. The van der Waals surface area contributed by atoms with Crippen LogP contribution >= 0.6 is 11.6 Å². The molecule has 0 spiro atoms. The number of nitrogens with one attached hydrogen (secondary N) is 1. The van der Waals surface area contributed by atoms with Crippen LogP contribution in [0.4, 0.5) is 18.9 Å². The summed E-state index contributed by atoms with van der Waals surface area (Å²) >= 11 is 5.87. The maximum absolute atomic E-state index is 12.4.